The highest BCUT2D eigenvalue weighted by atomic mass is 16.5. The summed E-state index contributed by atoms with van der Waals surface area (Å²) in [5.41, 5.74) is 3.15. The first-order valence-corrected chi connectivity index (χ1v) is 13.7. The third-order valence-corrected chi connectivity index (χ3v) is 7.42. The van der Waals surface area contributed by atoms with E-state index in [1.807, 2.05) is 78.9 Å². The summed E-state index contributed by atoms with van der Waals surface area (Å²) in [6.07, 6.45) is 0.540. The third-order valence-electron chi connectivity index (χ3n) is 7.42. The quantitative estimate of drug-likeness (QED) is 0.189. The van der Waals surface area contributed by atoms with Crippen LogP contribution in [-0.4, -0.2) is 35.4 Å². The number of ether oxygens (including phenoxy) is 2. The number of carbonyl (C=O) groups excluding carboxylic acids is 2. The summed E-state index contributed by atoms with van der Waals surface area (Å²) in [7, 11) is 1.54. The van der Waals surface area contributed by atoms with Gasteiger partial charge in [-0.15, -0.1) is 0 Å². The number of Topliss-reactive ketones (excluding diaryl/α,β-unsaturated/α-hetero) is 1. The third kappa shape index (κ3) is 5.24. The van der Waals surface area contributed by atoms with Gasteiger partial charge in [-0.1, -0.05) is 84.9 Å². The highest BCUT2D eigenvalue weighted by molar-refractivity contribution is 6.16. The van der Waals surface area contributed by atoms with Crippen LogP contribution in [0.3, 0.4) is 0 Å². The van der Waals surface area contributed by atoms with Crippen LogP contribution in [0.4, 0.5) is 0 Å². The summed E-state index contributed by atoms with van der Waals surface area (Å²) in [6.45, 7) is 0.626. The second-order valence-corrected chi connectivity index (χ2v) is 10.1. The lowest BCUT2D eigenvalue weighted by Crippen LogP contribution is -2.33. The number of hydrogen-bond donors (Lipinski definition) is 1. The van der Waals surface area contributed by atoms with Crippen molar-refractivity contribution in [2.45, 2.75) is 19.1 Å². The van der Waals surface area contributed by atoms with E-state index in [0.29, 0.717) is 35.7 Å². The number of carbonyl (C=O) groups is 2. The highest BCUT2D eigenvalue weighted by Crippen LogP contribution is 2.42. The molecule has 0 bridgehead atoms. The topological polar surface area (TPSA) is 89.2 Å². The van der Waals surface area contributed by atoms with Crippen molar-refractivity contribution in [2.75, 3.05) is 13.7 Å². The van der Waals surface area contributed by atoms with Crippen molar-refractivity contribution in [3.05, 3.63) is 143 Å². The number of hydrogen-bond acceptors (Lipinski definition) is 6. The van der Waals surface area contributed by atoms with Crippen molar-refractivity contribution in [1.29, 1.82) is 0 Å². The molecule has 0 saturated carbocycles. The maximum absolute atomic E-state index is 13.9. The minimum absolute atomic E-state index is 0.0351. The average molecular weight is 560 g/mol. The zero-order valence-electron chi connectivity index (χ0n) is 23.0. The number of amides is 1. The number of ketones is 1. The van der Waals surface area contributed by atoms with Crippen molar-refractivity contribution < 1.29 is 28.6 Å². The van der Waals surface area contributed by atoms with E-state index in [2.05, 4.69) is 0 Å². The summed E-state index contributed by atoms with van der Waals surface area (Å²) >= 11 is 0. The Morgan fingerprint density at radius 2 is 1.55 bits per heavy atom. The molecule has 4 aromatic carbocycles. The van der Waals surface area contributed by atoms with Crippen LogP contribution in [-0.2, 0) is 17.8 Å². The van der Waals surface area contributed by atoms with Crippen LogP contribution in [0.1, 0.15) is 33.3 Å². The summed E-state index contributed by atoms with van der Waals surface area (Å²) < 4.78 is 17.5. The molecule has 0 spiro atoms. The Morgan fingerprint density at radius 1 is 0.857 bits per heavy atom. The fourth-order valence-corrected chi connectivity index (χ4v) is 5.29. The van der Waals surface area contributed by atoms with E-state index in [1.54, 1.807) is 30.3 Å². The van der Waals surface area contributed by atoms with Gasteiger partial charge in [0.25, 0.3) is 5.91 Å². The number of fused-ring (bicyclic) bond motifs is 1. The molecule has 7 nitrogen and oxygen atoms in total. The number of methoxy groups -OCH3 is 1. The van der Waals surface area contributed by atoms with Gasteiger partial charge in [0.1, 0.15) is 12.2 Å². The first-order valence-electron chi connectivity index (χ1n) is 13.7. The Bertz CT molecular complexity index is 1740. The van der Waals surface area contributed by atoms with Crippen molar-refractivity contribution in [3.8, 4) is 11.5 Å². The Balaban J connectivity index is 1.36. The molecule has 7 heteroatoms. The summed E-state index contributed by atoms with van der Waals surface area (Å²) in [4.78, 5) is 28.9. The molecule has 1 N–H and O–H groups in total. The average Bonchev–Trinajstić information content (AvgIpc) is 3.58. The maximum atomic E-state index is 13.9. The molecule has 5 aromatic rings. The molecule has 2 heterocycles. The van der Waals surface area contributed by atoms with Gasteiger partial charge < -0.3 is 23.9 Å². The fraction of sp³-hybridized carbons (Fsp3) is 0.143. The standard InChI is InChI=1S/C35H29NO6/c1-40-29-21-26(16-17-28(29)41-22-24-12-6-3-7-13-24)32-31(33(37)30-20-25-14-8-9-15-27(25)42-30)34(38)35(39)36(32)19-18-23-10-4-2-5-11-23/h2-17,20-21,32,38H,18-19,22H2,1H3/t32-/m1/s1. The van der Waals surface area contributed by atoms with Gasteiger partial charge in [-0.05, 0) is 47.4 Å². The Kier molecular flexibility index (Phi) is 7.47. The Hall–Kier alpha value is -5.30. The minimum atomic E-state index is -0.862. The van der Waals surface area contributed by atoms with Gasteiger partial charge >= 0.3 is 0 Å². The first kappa shape index (κ1) is 26.9. The van der Waals surface area contributed by atoms with E-state index < -0.39 is 23.5 Å². The van der Waals surface area contributed by atoms with Crippen LogP contribution in [0.15, 0.2) is 125 Å². The van der Waals surface area contributed by atoms with Gasteiger partial charge in [-0.2, -0.15) is 0 Å². The Labute approximate surface area is 243 Å². The van der Waals surface area contributed by atoms with E-state index in [1.165, 1.54) is 12.0 Å². The normalized spacial score (nSPS) is 14.9. The number of rotatable bonds is 10. The molecule has 1 atom stereocenters. The summed E-state index contributed by atoms with van der Waals surface area (Å²) in [5, 5.41) is 11.9. The lowest BCUT2D eigenvalue weighted by Gasteiger charge is -2.27. The molecule has 6 rings (SSSR count). The predicted octanol–water partition coefficient (Wildman–Crippen LogP) is 6.84. The Morgan fingerprint density at radius 3 is 2.26 bits per heavy atom. The molecule has 0 aliphatic carbocycles. The monoisotopic (exact) mass is 559 g/mol. The van der Waals surface area contributed by atoms with Gasteiger partial charge in [-0.3, -0.25) is 9.59 Å². The number of aliphatic hydroxyl groups is 1. The summed E-state index contributed by atoms with van der Waals surface area (Å²) in [5.74, 6) is -0.729. The molecular weight excluding hydrogens is 530 g/mol. The molecule has 1 aliphatic rings. The number of benzene rings is 4. The number of para-hydroxylation sites is 1. The molecule has 1 aromatic heterocycles. The number of nitrogens with zero attached hydrogens (tertiary/aromatic N) is 1. The molecule has 42 heavy (non-hydrogen) atoms. The van der Waals surface area contributed by atoms with Crippen LogP contribution in [0, 0.1) is 0 Å². The molecule has 1 aliphatic heterocycles. The van der Waals surface area contributed by atoms with E-state index >= 15 is 0 Å². The second-order valence-electron chi connectivity index (χ2n) is 10.1. The summed E-state index contributed by atoms with van der Waals surface area (Å²) in [6, 6.07) is 32.9. The number of aliphatic hydroxyl groups excluding tert-OH is 1. The van der Waals surface area contributed by atoms with E-state index in [9.17, 15) is 14.7 Å². The minimum Gasteiger partial charge on any atom is -0.503 e. The fourth-order valence-electron chi connectivity index (χ4n) is 5.29. The first-order chi connectivity index (χ1) is 20.5. The van der Waals surface area contributed by atoms with Gasteiger partial charge in [0.15, 0.2) is 23.0 Å². The zero-order valence-corrected chi connectivity index (χ0v) is 23.0. The predicted molar refractivity (Wildman–Crippen MR) is 159 cm³/mol. The van der Waals surface area contributed by atoms with Crippen LogP contribution >= 0.6 is 0 Å². The van der Waals surface area contributed by atoms with Crippen LogP contribution in [0.2, 0.25) is 0 Å². The molecule has 0 saturated heterocycles. The largest absolute Gasteiger partial charge is 0.503 e. The van der Waals surface area contributed by atoms with Gasteiger partial charge in [0.2, 0.25) is 5.78 Å². The van der Waals surface area contributed by atoms with Gasteiger partial charge in [-0.25, -0.2) is 0 Å². The molecule has 1 amide bonds. The molecule has 0 radical (unpaired) electrons. The van der Waals surface area contributed by atoms with Gasteiger partial charge in [0.05, 0.1) is 18.7 Å². The highest BCUT2D eigenvalue weighted by Gasteiger charge is 2.44. The van der Waals surface area contributed by atoms with Crippen molar-refractivity contribution in [1.82, 2.24) is 4.90 Å². The molecular formula is C35H29NO6. The van der Waals surface area contributed by atoms with Crippen LogP contribution in [0.5, 0.6) is 11.5 Å². The van der Waals surface area contributed by atoms with Crippen LogP contribution < -0.4 is 9.47 Å². The van der Waals surface area contributed by atoms with E-state index in [-0.39, 0.29) is 17.9 Å². The van der Waals surface area contributed by atoms with Crippen molar-refractivity contribution in [2.24, 2.45) is 0 Å². The zero-order chi connectivity index (χ0) is 29.1. The molecule has 0 unspecified atom stereocenters. The van der Waals surface area contributed by atoms with Crippen molar-refractivity contribution >= 4 is 22.7 Å². The molecule has 210 valence electrons. The SMILES string of the molecule is COc1cc([C@@H]2C(C(=O)c3cc4ccccc4o3)=C(O)C(=O)N2CCc2ccccc2)ccc1OCc1ccccc1. The van der Waals surface area contributed by atoms with E-state index in [4.69, 9.17) is 13.9 Å². The second kappa shape index (κ2) is 11.7. The molecule has 0 fully saturated rings. The lowest BCUT2D eigenvalue weighted by atomic mass is 9.94. The van der Waals surface area contributed by atoms with Crippen molar-refractivity contribution in [3.63, 3.8) is 0 Å². The van der Waals surface area contributed by atoms with Crippen LogP contribution in [0.25, 0.3) is 11.0 Å². The number of furan rings is 1. The maximum Gasteiger partial charge on any atom is 0.290 e. The smallest absolute Gasteiger partial charge is 0.290 e. The van der Waals surface area contributed by atoms with Gasteiger partial charge in [0, 0.05) is 11.9 Å². The lowest BCUT2D eigenvalue weighted by molar-refractivity contribution is -0.129. The van der Waals surface area contributed by atoms with E-state index in [0.717, 1.165) is 16.5 Å².